The summed E-state index contributed by atoms with van der Waals surface area (Å²) in [6.45, 7) is 3.71. The Morgan fingerprint density at radius 3 is 2.41 bits per heavy atom. The third-order valence-corrected chi connectivity index (χ3v) is 5.25. The quantitative estimate of drug-likeness (QED) is 0.369. The lowest BCUT2D eigenvalue weighted by atomic mass is 9.87. The molecule has 1 aromatic carbocycles. The van der Waals surface area contributed by atoms with Crippen LogP contribution in [0.25, 0.3) is 0 Å². The third-order valence-electron chi connectivity index (χ3n) is 5.25. The van der Waals surface area contributed by atoms with Crippen LogP contribution in [0.4, 0.5) is 5.69 Å². The summed E-state index contributed by atoms with van der Waals surface area (Å²) < 4.78 is 15.5. The van der Waals surface area contributed by atoms with Crippen LogP contribution in [0.2, 0.25) is 0 Å². The monoisotopic (exact) mass is 408 g/mol. The molecule has 0 spiro atoms. The molecule has 0 unspecified atom stereocenters. The summed E-state index contributed by atoms with van der Waals surface area (Å²) in [5, 5.41) is 11.4. The number of carbonyl (C=O) groups is 2. The van der Waals surface area contributed by atoms with E-state index in [4.69, 9.17) is 14.2 Å². The summed E-state index contributed by atoms with van der Waals surface area (Å²) in [5.41, 5.74) is -0.765. The van der Waals surface area contributed by atoms with E-state index in [-0.39, 0.29) is 35.6 Å². The number of amides is 1. The van der Waals surface area contributed by atoms with Crippen molar-refractivity contribution in [2.45, 2.75) is 45.6 Å². The van der Waals surface area contributed by atoms with Gasteiger partial charge < -0.3 is 19.1 Å². The number of hydrogen-bond donors (Lipinski definition) is 0. The number of rotatable bonds is 8. The van der Waals surface area contributed by atoms with E-state index in [9.17, 15) is 19.7 Å². The fourth-order valence-corrected chi connectivity index (χ4v) is 3.43. The van der Waals surface area contributed by atoms with Crippen molar-refractivity contribution in [3.05, 3.63) is 27.8 Å². The van der Waals surface area contributed by atoms with E-state index in [0.29, 0.717) is 5.92 Å². The van der Waals surface area contributed by atoms with Crippen LogP contribution >= 0.6 is 0 Å². The number of benzene rings is 1. The number of esters is 1. The molecule has 2 rings (SSSR count). The van der Waals surface area contributed by atoms with E-state index in [2.05, 4.69) is 6.92 Å². The molecule has 1 aromatic rings. The second-order valence-electron chi connectivity index (χ2n) is 7.20. The van der Waals surface area contributed by atoms with Gasteiger partial charge in [0.05, 0.1) is 24.7 Å². The number of carbonyl (C=O) groups excluding carboxylic acids is 2. The smallest absolute Gasteiger partial charge is 0.345 e. The lowest BCUT2D eigenvalue weighted by Crippen LogP contribution is -2.41. The molecular formula is C20H28N2O7. The second-order valence-corrected chi connectivity index (χ2v) is 7.20. The highest BCUT2D eigenvalue weighted by molar-refractivity contribution is 5.96. The van der Waals surface area contributed by atoms with Gasteiger partial charge in [-0.3, -0.25) is 14.9 Å². The normalized spacial score (nSPS) is 18.6. The van der Waals surface area contributed by atoms with E-state index in [1.54, 1.807) is 18.9 Å². The molecule has 0 N–H and O–H groups in total. The van der Waals surface area contributed by atoms with Crippen molar-refractivity contribution in [2.24, 2.45) is 5.92 Å². The van der Waals surface area contributed by atoms with Gasteiger partial charge in [0.2, 0.25) is 0 Å². The van der Waals surface area contributed by atoms with Crippen LogP contribution in [0.5, 0.6) is 11.5 Å². The molecule has 29 heavy (non-hydrogen) atoms. The van der Waals surface area contributed by atoms with Crippen LogP contribution in [0.1, 0.15) is 49.9 Å². The zero-order valence-corrected chi connectivity index (χ0v) is 17.3. The Morgan fingerprint density at radius 1 is 1.21 bits per heavy atom. The molecule has 0 heterocycles. The maximum absolute atomic E-state index is 12.5. The Hall–Kier alpha value is -2.84. The van der Waals surface area contributed by atoms with E-state index in [0.717, 1.165) is 31.7 Å². The first-order chi connectivity index (χ1) is 13.8. The van der Waals surface area contributed by atoms with Crippen molar-refractivity contribution in [2.75, 3.05) is 27.4 Å². The average molecular weight is 408 g/mol. The Morgan fingerprint density at radius 2 is 1.86 bits per heavy atom. The van der Waals surface area contributed by atoms with Gasteiger partial charge in [0.25, 0.3) is 11.6 Å². The zero-order valence-electron chi connectivity index (χ0n) is 17.3. The minimum atomic E-state index is -0.961. The van der Waals surface area contributed by atoms with Crippen LogP contribution in [0, 0.1) is 16.0 Å². The SMILES string of the molecule is CCOc1cc([N+](=O)[O-])c(C(=O)OCC(=O)N(C)C2CCC(C)CC2)cc1OC. The van der Waals surface area contributed by atoms with Crippen LogP contribution in [-0.4, -0.2) is 55.1 Å². The molecule has 0 aromatic heterocycles. The number of methoxy groups -OCH3 is 1. The van der Waals surface area contributed by atoms with Crippen LogP contribution in [-0.2, 0) is 9.53 Å². The number of nitro benzene ring substituents is 1. The minimum absolute atomic E-state index is 0.123. The van der Waals surface area contributed by atoms with Crippen LogP contribution in [0.15, 0.2) is 12.1 Å². The predicted octanol–water partition coefficient (Wildman–Crippen LogP) is 3.20. The third kappa shape index (κ3) is 5.58. The highest BCUT2D eigenvalue weighted by atomic mass is 16.6. The lowest BCUT2D eigenvalue weighted by Gasteiger charge is -2.33. The molecule has 0 saturated heterocycles. The Kier molecular flexibility index (Phi) is 7.81. The van der Waals surface area contributed by atoms with Crippen LogP contribution in [0.3, 0.4) is 0 Å². The molecule has 1 amide bonds. The maximum Gasteiger partial charge on any atom is 0.345 e. The van der Waals surface area contributed by atoms with Gasteiger partial charge in [-0.25, -0.2) is 4.79 Å². The van der Waals surface area contributed by atoms with Crippen LogP contribution < -0.4 is 9.47 Å². The van der Waals surface area contributed by atoms with Gasteiger partial charge in [0.15, 0.2) is 18.1 Å². The molecule has 0 radical (unpaired) electrons. The van der Waals surface area contributed by atoms with E-state index in [1.165, 1.54) is 13.2 Å². The Labute approximate surface area is 170 Å². The van der Waals surface area contributed by atoms with Crippen molar-refractivity contribution in [3.63, 3.8) is 0 Å². The minimum Gasteiger partial charge on any atom is -0.493 e. The van der Waals surface area contributed by atoms with Crippen molar-refractivity contribution < 1.29 is 28.7 Å². The summed E-state index contributed by atoms with van der Waals surface area (Å²) >= 11 is 0. The molecule has 1 saturated carbocycles. The zero-order chi connectivity index (χ0) is 21.6. The van der Waals surface area contributed by atoms with E-state index >= 15 is 0 Å². The summed E-state index contributed by atoms with van der Waals surface area (Å²) in [6, 6.07) is 2.44. The van der Waals surface area contributed by atoms with Crippen molar-refractivity contribution in [1.29, 1.82) is 0 Å². The molecule has 1 aliphatic rings. The van der Waals surface area contributed by atoms with E-state index < -0.39 is 23.2 Å². The standard InChI is InChI=1S/C20H28N2O7/c1-5-28-18-11-16(22(25)26)15(10-17(18)27-4)20(24)29-12-19(23)21(3)14-8-6-13(2)7-9-14/h10-11,13-14H,5-9,12H2,1-4H3. The second kappa shape index (κ2) is 10.1. The molecule has 9 nitrogen and oxygen atoms in total. The van der Waals surface area contributed by atoms with Gasteiger partial charge >= 0.3 is 5.97 Å². The Bertz CT molecular complexity index is 757. The molecule has 0 bridgehead atoms. The highest BCUT2D eigenvalue weighted by Crippen LogP contribution is 2.35. The summed E-state index contributed by atoms with van der Waals surface area (Å²) in [5.74, 6) is -0.317. The van der Waals surface area contributed by atoms with E-state index in [1.807, 2.05) is 0 Å². The first kappa shape index (κ1) is 22.4. The summed E-state index contributed by atoms with van der Waals surface area (Å²) in [6.07, 6.45) is 3.94. The highest BCUT2D eigenvalue weighted by Gasteiger charge is 2.28. The number of likely N-dealkylation sites (N-methyl/N-ethyl adjacent to an activating group) is 1. The molecule has 1 fully saturated rings. The molecule has 9 heteroatoms. The van der Waals surface area contributed by atoms with Gasteiger partial charge in [-0.05, 0) is 38.5 Å². The fourth-order valence-electron chi connectivity index (χ4n) is 3.43. The molecule has 160 valence electrons. The lowest BCUT2D eigenvalue weighted by molar-refractivity contribution is -0.385. The van der Waals surface area contributed by atoms with Gasteiger partial charge in [-0.1, -0.05) is 6.92 Å². The van der Waals surface area contributed by atoms with Gasteiger partial charge in [0.1, 0.15) is 5.56 Å². The number of nitro groups is 1. The first-order valence-corrected chi connectivity index (χ1v) is 9.70. The maximum atomic E-state index is 12.5. The average Bonchev–Trinajstić information content (AvgIpc) is 2.71. The summed E-state index contributed by atoms with van der Waals surface area (Å²) in [4.78, 5) is 37.2. The first-order valence-electron chi connectivity index (χ1n) is 9.70. The van der Waals surface area contributed by atoms with Gasteiger partial charge in [-0.15, -0.1) is 0 Å². The molecule has 0 atom stereocenters. The summed E-state index contributed by atoms with van der Waals surface area (Å²) in [7, 11) is 3.06. The fraction of sp³-hybridized carbons (Fsp3) is 0.600. The largest absolute Gasteiger partial charge is 0.493 e. The predicted molar refractivity (Wildman–Crippen MR) is 105 cm³/mol. The van der Waals surface area contributed by atoms with Gasteiger partial charge in [-0.2, -0.15) is 0 Å². The number of ether oxygens (including phenoxy) is 3. The van der Waals surface area contributed by atoms with Gasteiger partial charge in [0, 0.05) is 19.2 Å². The van der Waals surface area contributed by atoms with Crippen molar-refractivity contribution in [3.8, 4) is 11.5 Å². The molecular weight excluding hydrogens is 380 g/mol. The van der Waals surface area contributed by atoms with Crippen molar-refractivity contribution >= 4 is 17.6 Å². The Balaban J connectivity index is 2.09. The number of hydrogen-bond acceptors (Lipinski definition) is 7. The topological polar surface area (TPSA) is 108 Å². The molecule has 1 aliphatic carbocycles. The molecule has 0 aliphatic heterocycles. The number of nitrogens with zero attached hydrogens (tertiary/aromatic N) is 2. The van der Waals surface area contributed by atoms with Crippen molar-refractivity contribution in [1.82, 2.24) is 4.90 Å².